The van der Waals surface area contributed by atoms with E-state index in [1.807, 2.05) is 12.3 Å². The van der Waals surface area contributed by atoms with Gasteiger partial charge in [0.05, 0.1) is 12.0 Å². The zero-order chi connectivity index (χ0) is 19.2. The lowest BCUT2D eigenvalue weighted by molar-refractivity contribution is 0.0446. The molecule has 0 atom stereocenters. The van der Waals surface area contributed by atoms with Crippen molar-refractivity contribution in [1.82, 2.24) is 0 Å². The maximum Gasteiger partial charge on any atom is 0.342 e. The van der Waals surface area contributed by atoms with Gasteiger partial charge in [0.2, 0.25) is 10.0 Å². The highest BCUT2D eigenvalue weighted by Crippen LogP contribution is 2.25. The van der Waals surface area contributed by atoms with Gasteiger partial charge in [-0.3, -0.25) is 0 Å². The summed E-state index contributed by atoms with van der Waals surface area (Å²) in [6.07, 6.45) is 1.93. The number of ether oxygens (including phenoxy) is 3. The summed E-state index contributed by atoms with van der Waals surface area (Å²) in [4.78, 5) is 13.1. The van der Waals surface area contributed by atoms with Crippen LogP contribution in [-0.4, -0.2) is 41.0 Å². The predicted octanol–water partition coefficient (Wildman–Crippen LogP) is 2.30. The van der Waals surface area contributed by atoms with E-state index >= 15 is 0 Å². The summed E-state index contributed by atoms with van der Waals surface area (Å²) >= 11 is 1.54. The summed E-state index contributed by atoms with van der Waals surface area (Å²) in [5.41, 5.74) is 0.336. The highest BCUT2D eigenvalue weighted by atomic mass is 32.2. The number of rotatable bonds is 8. The first-order valence-corrected chi connectivity index (χ1v) is 10.3. The highest BCUT2D eigenvalue weighted by Gasteiger charge is 2.14. The van der Waals surface area contributed by atoms with E-state index in [0.29, 0.717) is 17.1 Å². The number of thioether (sulfide) groups is 1. The molecule has 0 aliphatic carbocycles. The van der Waals surface area contributed by atoms with Crippen LogP contribution in [0.15, 0.2) is 52.3 Å². The van der Waals surface area contributed by atoms with Crippen LogP contribution < -0.4 is 14.6 Å². The van der Waals surface area contributed by atoms with Crippen LogP contribution in [0.25, 0.3) is 0 Å². The molecular weight excluding hydrogens is 378 g/mol. The average Bonchev–Trinajstić information content (AvgIpc) is 2.64. The Bertz CT molecular complexity index is 865. The van der Waals surface area contributed by atoms with Crippen molar-refractivity contribution in [2.24, 2.45) is 5.14 Å². The molecule has 26 heavy (non-hydrogen) atoms. The lowest BCUT2D eigenvalue weighted by Crippen LogP contribution is -2.14. The molecule has 0 saturated carbocycles. The standard InChI is InChI=1S/C17H19NO6S2/c1-22-16-11-13(25-2)5-8-15(16)17(19)24-10-9-23-12-3-6-14(7-4-12)26(18,20)21/h3-8,11H,9-10H2,1-2H3,(H2,18,20,21). The Hall–Kier alpha value is -2.23. The summed E-state index contributed by atoms with van der Waals surface area (Å²) in [6.45, 7) is 0.148. The summed E-state index contributed by atoms with van der Waals surface area (Å²) in [6, 6.07) is 10.9. The Morgan fingerprint density at radius 3 is 2.38 bits per heavy atom. The maximum atomic E-state index is 12.1. The lowest BCUT2D eigenvalue weighted by Gasteiger charge is -2.11. The predicted molar refractivity (Wildman–Crippen MR) is 98.4 cm³/mol. The van der Waals surface area contributed by atoms with Crippen LogP contribution in [0.4, 0.5) is 0 Å². The van der Waals surface area contributed by atoms with Gasteiger partial charge in [-0.15, -0.1) is 11.8 Å². The summed E-state index contributed by atoms with van der Waals surface area (Å²) < 4.78 is 38.2. The van der Waals surface area contributed by atoms with Gasteiger partial charge in [0.15, 0.2) is 0 Å². The fourth-order valence-corrected chi connectivity index (χ4v) is 3.01. The second-order valence-electron chi connectivity index (χ2n) is 5.07. The Morgan fingerprint density at radius 2 is 1.81 bits per heavy atom. The molecule has 2 rings (SSSR count). The topological polar surface area (TPSA) is 105 Å². The fourth-order valence-electron chi connectivity index (χ4n) is 2.06. The number of carbonyl (C=O) groups is 1. The molecule has 2 aromatic carbocycles. The van der Waals surface area contributed by atoms with E-state index in [9.17, 15) is 13.2 Å². The molecule has 0 radical (unpaired) electrons. The molecular formula is C17H19NO6S2. The van der Waals surface area contributed by atoms with Crippen molar-refractivity contribution in [3.63, 3.8) is 0 Å². The molecule has 0 aromatic heterocycles. The maximum absolute atomic E-state index is 12.1. The smallest absolute Gasteiger partial charge is 0.342 e. The normalized spacial score (nSPS) is 11.0. The number of hydrogen-bond donors (Lipinski definition) is 1. The van der Waals surface area contributed by atoms with Gasteiger partial charge in [0, 0.05) is 4.90 Å². The first kappa shape index (κ1) is 20.1. The van der Waals surface area contributed by atoms with Gasteiger partial charge in [0.1, 0.15) is 30.3 Å². The molecule has 7 nitrogen and oxygen atoms in total. The number of carbonyl (C=O) groups excluding carboxylic acids is 1. The number of methoxy groups -OCH3 is 1. The van der Waals surface area contributed by atoms with Crippen molar-refractivity contribution < 1.29 is 27.4 Å². The van der Waals surface area contributed by atoms with E-state index in [-0.39, 0.29) is 18.1 Å². The van der Waals surface area contributed by atoms with Crippen LogP contribution in [-0.2, 0) is 14.8 Å². The van der Waals surface area contributed by atoms with Crippen molar-refractivity contribution in [1.29, 1.82) is 0 Å². The van der Waals surface area contributed by atoms with Gasteiger partial charge >= 0.3 is 5.97 Å². The van der Waals surface area contributed by atoms with Crippen LogP contribution >= 0.6 is 11.8 Å². The van der Waals surface area contributed by atoms with E-state index in [4.69, 9.17) is 19.3 Å². The number of nitrogens with two attached hydrogens (primary N) is 1. The first-order valence-electron chi connectivity index (χ1n) is 7.50. The van der Waals surface area contributed by atoms with Crippen molar-refractivity contribution in [3.05, 3.63) is 48.0 Å². The SMILES string of the molecule is COc1cc(SC)ccc1C(=O)OCCOc1ccc(S(N)(=O)=O)cc1. The molecule has 0 fully saturated rings. The lowest BCUT2D eigenvalue weighted by atomic mass is 10.2. The van der Waals surface area contributed by atoms with Crippen molar-refractivity contribution in [2.75, 3.05) is 26.6 Å². The van der Waals surface area contributed by atoms with Gasteiger partial charge in [-0.05, 0) is 48.7 Å². The summed E-state index contributed by atoms with van der Waals surface area (Å²) in [5.74, 6) is 0.374. The van der Waals surface area contributed by atoms with Gasteiger partial charge in [-0.25, -0.2) is 18.4 Å². The molecule has 0 bridgehead atoms. The number of sulfonamides is 1. The third-order valence-electron chi connectivity index (χ3n) is 3.37. The number of primary sulfonamides is 1. The number of hydrogen-bond acceptors (Lipinski definition) is 7. The molecule has 0 unspecified atom stereocenters. The van der Waals surface area contributed by atoms with Gasteiger partial charge in [-0.2, -0.15) is 0 Å². The van der Waals surface area contributed by atoms with Crippen LogP contribution in [0.1, 0.15) is 10.4 Å². The fraction of sp³-hybridized carbons (Fsp3) is 0.235. The van der Waals surface area contributed by atoms with Gasteiger partial charge < -0.3 is 14.2 Å². The molecule has 140 valence electrons. The molecule has 0 aliphatic heterocycles. The van der Waals surface area contributed by atoms with E-state index in [0.717, 1.165) is 4.90 Å². The van der Waals surface area contributed by atoms with Crippen LogP contribution in [0.2, 0.25) is 0 Å². The van der Waals surface area contributed by atoms with Crippen molar-refractivity contribution >= 4 is 27.8 Å². The van der Waals surface area contributed by atoms with Crippen LogP contribution in [0.3, 0.4) is 0 Å². The van der Waals surface area contributed by atoms with E-state index < -0.39 is 16.0 Å². The third-order valence-corrected chi connectivity index (χ3v) is 5.02. The molecule has 9 heteroatoms. The Labute approximate surface area is 156 Å². The van der Waals surface area contributed by atoms with Crippen molar-refractivity contribution in [3.8, 4) is 11.5 Å². The highest BCUT2D eigenvalue weighted by molar-refractivity contribution is 7.98. The molecule has 0 spiro atoms. The molecule has 0 amide bonds. The molecule has 2 aromatic rings. The number of esters is 1. The minimum Gasteiger partial charge on any atom is -0.496 e. The second-order valence-corrected chi connectivity index (χ2v) is 7.51. The minimum absolute atomic E-state index is 0.00272. The third kappa shape index (κ3) is 5.38. The monoisotopic (exact) mass is 397 g/mol. The van der Waals surface area contributed by atoms with Crippen molar-refractivity contribution in [2.45, 2.75) is 9.79 Å². The van der Waals surface area contributed by atoms with Gasteiger partial charge in [-0.1, -0.05) is 0 Å². The largest absolute Gasteiger partial charge is 0.496 e. The number of benzene rings is 2. The van der Waals surface area contributed by atoms with E-state index in [1.54, 1.807) is 23.9 Å². The molecule has 0 aliphatic rings. The summed E-state index contributed by atoms with van der Waals surface area (Å²) in [5, 5.41) is 5.02. The minimum atomic E-state index is -3.74. The summed E-state index contributed by atoms with van der Waals surface area (Å²) in [7, 11) is -2.25. The van der Waals surface area contributed by atoms with Crippen LogP contribution in [0, 0.1) is 0 Å². The molecule has 2 N–H and O–H groups in total. The van der Waals surface area contributed by atoms with Gasteiger partial charge in [0.25, 0.3) is 0 Å². The Kier molecular flexibility index (Phi) is 6.90. The molecule has 0 heterocycles. The molecule has 0 saturated heterocycles. The van der Waals surface area contributed by atoms with E-state index in [1.165, 1.54) is 31.4 Å². The van der Waals surface area contributed by atoms with Crippen LogP contribution in [0.5, 0.6) is 11.5 Å². The zero-order valence-electron chi connectivity index (χ0n) is 14.3. The first-order chi connectivity index (χ1) is 12.3. The Morgan fingerprint density at radius 1 is 1.12 bits per heavy atom. The quantitative estimate of drug-likeness (QED) is 0.414. The second kappa shape index (κ2) is 8.93. The average molecular weight is 397 g/mol. The zero-order valence-corrected chi connectivity index (χ0v) is 15.9. The Balaban J connectivity index is 1.87. The van der Waals surface area contributed by atoms with E-state index in [2.05, 4.69) is 0 Å².